The minimum atomic E-state index is -3.21. The molecule has 1 aliphatic heterocycles. The fourth-order valence-corrected chi connectivity index (χ4v) is 5.00. The van der Waals surface area contributed by atoms with Crippen LogP contribution in [0, 0.1) is 0 Å². The maximum atomic E-state index is 12.2. The van der Waals surface area contributed by atoms with Crippen molar-refractivity contribution in [3.8, 4) is 0 Å². The summed E-state index contributed by atoms with van der Waals surface area (Å²) in [6.45, 7) is 2.21. The van der Waals surface area contributed by atoms with Gasteiger partial charge in [-0.2, -0.15) is 26.7 Å². The summed E-state index contributed by atoms with van der Waals surface area (Å²) in [5, 5.41) is 2.22. The van der Waals surface area contributed by atoms with Crippen LogP contribution in [0.15, 0.2) is 0 Å². The molecule has 20 heavy (non-hydrogen) atoms. The van der Waals surface area contributed by atoms with Crippen molar-refractivity contribution < 1.29 is 8.42 Å². The van der Waals surface area contributed by atoms with Gasteiger partial charge in [0.25, 0.3) is 0 Å². The Kier molecular flexibility index (Phi) is 4.92. The molecule has 2 heterocycles. The molecule has 1 saturated heterocycles. The van der Waals surface area contributed by atoms with E-state index < -0.39 is 15.2 Å². The van der Waals surface area contributed by atoms with Crippen molar-refractivity contribution in [2.75, 3.05) is 41.1 Å². The smallest absolute Gasteiger partial charge is 0.232 e. The van der Waals surface area contributed by atoms with Crippen molar-refractivity contribution in [3.63, 3.8) is 0 Å². The van der Waals surface area contributed by atoms with Crippen LogP contribution in [-0.4, -0.2) is 59.6 Å². The van der Waals surface area contributed by atoms with E-state index in [1.807, 2.05) is 0 Å². The van der Waals surface area contributed by atoms with Gasteiger partial charge in [-0.3, -0.25) is 0 Å². The fourth-order valence-electron chi connectivity index (χ4n) is 1.88. The fraction of sp³-hybridized carbons (Fsp3) is 0.700. The maximum absolute atomic E-state index is 12.2. The van der Waals surface area contributed by atoms with Gasteiger partial charge in [-0.25, -0.2) is 8.42 Å². The number of sulfone groups is 1. The highest BCUT2D eigenvalue weighted by atomic mass is 35.5. The van der Waals surface area contributed by atoms with E-state index >= 15 is 0 Å². The van der Waals surface area contributed by atoms with Crippen LogP contribution >= 0.6 is 23.4 Å². The summed E-state index contributed by atoms with van der Waals surface area (Å²) in [5.74, 6) is 2.05. The van der Waals surface area contributed by atoms with E-state index in [4.69, 9.17) is 11.6 Å². The highest BCUT2D eigenvalue weighted by Gasteiger charge is 2.34. The molecule has 7 nitrogen and oxygen atoms in total. The molecule has 0 spiro atoms. The Morgan fingerprint density at radius 2 is 2.20 bits per heavy atom. The lowest BCUT2D eigenvalue weighted by atomic mass is 10.5. The molecule has 0 amide bonds. The summed E-state index contributed by atoms with van der Waals surface area (Å²) >= 11 is 7.48. The third kappa shape index (κ3) is 3.26. The average molecular weight is 338 g/mol. The largest absolute Gasteiger partial charge is 0.357 e. The van der Waals surface area contributed by atoms with E-state index in [-0.39, 0.29) is 11.0 Å². The molecule has 1 N–H and O–H groups in total. The Morgan fingerprint density at radius 1 is 1.45 bits per heavy atom. The van der Waals surface area contributed by atoms with Gasteiger partial charge in [-0.1, -0.05) is 6.92 Å². The van der Waals surface area contributed by atoms with Crippen LogP contribution in [-0.2, 0) is 9.84 Å². The zero-order chi connectivity index (χ0) is 14.8. The zero-order valence-electron chi connectivity index (χ0n) is 11.2. The summed E-state index contributed by atoms with van der Waals surface area (Å²) in [6, 6.07) is 0. The first-order valence-electron chi connectivity index (χ1n) is 6.13. The maximum Gasteiger partial charge on any atom is 0.232 e. The Bertz CT molecular complexity index is 583. The molecule has 1 atom stereocenters. The van der Waals surface area contributed by atoms with Crippen LogP contribution in [0.5, 0.6) is 0 Å². The van der Waals surface area contributed by atoms with Gasteiger partial charge in [0.15, 0.2) is 9.84 Å². The first kappa shape index (κ1) is 15.6. The van der Waals surface area contributed by atoms with Crippen LogP contribution in [0.2, 0.25) is 5.28 Å². The lowest BCUT2D eigenvalue weighted by Gasteiger charge is -2.34. The lowest BCUT2D eigenvalue weighted by molar-refractivity contribution is 0.577. The van der Waals surface area contributed by atoms with Crippen molar-refractivity contribution in [3.05, 3.63) is 5.28 Å². The molecule has 0 saturated carbocycles. The third-order valence-electron chi connectivity index (χ3n) is 2.98. The van der Waals surface area contributed by atoms with E-state index in [1.54, 1.807) is 30.6 Å². The summed E-state index contributed by atoms with van der Waals surface area (Å²) in [6.07, 6.45) is 0. The topological polar surface area (TPSA) is 88.1 Å². The molecule has 2 rings (SSSR count). The summed E-state index contributed by atoms with van der Waals surface area (Å²) in [7, 11) is -1.54. The molecule has 1 aliphatic rings. The van der Waals surface area contributed by atoms with Crippen LogP contribution in [0.1, 0.15) is 6.92 Å². The van der Waals surface area contributed by atoms with Gasteiger partial charge < -0.3 is 10.2 Å². The van der Waals surface area contributed by atoms with E-state index in [9.17, 15) is 8.42 Å². The molecule has 1 unspecified atom stereocenters. The van der Waals surface area contributed by atoms with Gasteiger partial charge in [0.05, 0.1) is 0 Å². The van der Waals surface area contributed by atoms with Gasteiger partial charge in [-0.05, 0) is 11.6 Å². The van der Waals surface area contributed by atoms with Crippen molar-refractivity contribution in [2.45, 2.75) is 12.3 Å². The third-order valence-corrected chi connectivity index (χ3v) is 6.44. The Hall–Kier alpha value is -0.800. The SMILES string of the molecule is CCS(=O)(=O)C1CSCCN1c1nc(Cl)nc(NC)n1. The molecule has 1 aromatic heterocycles. The number of hydrogen-bond acceptors (Lipinski definition) is 8. The molecule has 112 valence electrons. The van der Waals surface area contributed by atoms with Crippen LogP contribution < -0.4 is 10.2 Å². The second-order valence-electron chi connectivity index (χ2n) is 4.15. The molecule has 10 heteroatoms. The molecular formula is C10H16ClN5O2S2. The van der Waals surface area contributed by atoms with E-state index in [0.29, 0.717) is 24.2 Å². The van der Waals surface area contributed by atoms with Crippen LogP contribution in [0.3, 0.4) is 0 Å². The number of thioether (sulfide) groups is 1. The van der Waals surface area contributed by atoms with Crippen LogP contribution in [0.25, 0.3) is 0 Å². The van der Waals surface area contributed by atoms with Gasteiger partial charge in [-0.15, -0.1) is 0 Å². The van der Waals surface area contributed by atoms with Crippen molar-refractivity contribution in [2.24, 2.45) is 0 Å². The van der Waals surface area contributed by atoms with Gasteiger partial charge in [0.2, 0.25) is 17.2 Å². The number of nitrogens with zero attached hydrogens (tertiary/aromatic N) is 4. The molecule has 0 bridgehead atoms. The second-order valence-corrected chi connectivity index (χ2v) is 8.09. The zero-order valence-corrected chi connectivity index (χ0v) is 13.6. The Labute approximate surface area is 127 Å². The van der Waals surface area contributed by atoms with E-state index in [1.165, 1.54) is 0 Å². The molecule has 0 radical (unpaired) electrons. The molecular weight excluding hydrogens is 322 g/mol. The predicted octanol–water partition coefficient (Wildman–Crippen LogP) is 0.881. The van der Waals surface area contributed by atoms with Crippen molar-refractivity contribution in [1.29, 1.82) is 0 Å². The highest BCUT2D eigenvalue weighted by Crippen LogP contribution is 2.26. The monoisotopic (exact) mass is 337 g/mol. The van der Waals surface area contributed by atoms with E-state index in [2.05, 4.69) is 20.3 Å². The molecule has 0 aliphatic carbocycles. The normalized spacial score (nSPS) is 19.9. The van der Waals surface area contributed by atoms with Crippen molar-refractivity contribution >= 4 is 45.1 Å². The molecule has 0 aromatic carbocycles. The number of aromatic nitrogens is 3. The number of anilines is 2. The number of rotatable bonds is 4. The lowest BCUT2D eigenvalue weighted by Crippen LogP contribution is -2.48. The van der Waals surface area contributed by atoms with Crippen LogP contribution in [0.4, 0.5) is 11.9 Å². The molecule has 1 aromatic rings. The first-order valence-corrected chi connectivity index (χ1v) is 9.38. The average Bonchev–Trinajstić information content (AvgIpc) is 2.46. The first-order chi connectivity index (χ1) is 9.47. The summed E-state index contributed by atoms with van der Waals surface area (Å²) in [5.41, 5.74) is 0. The van der Waals surface area contributed by atoms with E-state index in [0.717, 1.165) is 5.75 Å². The second kappa shape index (κ2) is 6.31. The van der Waals surface area contributed by atoms with Gasteiger partial charge in [0.1, 0.15) is 5.37 Å². The minimum Gasteiger partial charge on any atom is -0.357 e. The number of halogens is 1. The standard InChI is InChI=1S/C10H16ClN5O2S2/c1-3-20(17,18)7-6-19-5-4-16(7)10-14-8(11)13-9(12-2)15-10/h7H,3-6H2,1-2H3,(H,12,13,14,15). The van der Waals surface area contributed by atoms with Crippen molar-refractivity contribution in [1.82, 2.24) is 15.0 Å². The quantitative estimate of drug-likeness (QED) is 0.866. The highest BCUT2D eigenvalue weighted by molar-refractivity contribution is 8.01. The summed E-state index contributed by atoms with van der Waals surface area (Å²) in [4.78, 5) is 13.9. The Morgan fingerprint density at radius 3 is 2.85 bits per heavy atom. The Balaban J connectivity index is 2.40. The molecule has 1 fully saturated rings. The van der Waals surface area contributed by atoms with Gasteiger partial charge in [0, 0.05) is 30.9 Å². The minimum absolute atomic E-state index is 0.0465. The predicted molar refractivity (Wildman–Crippen MR) is 82.3 cm³/mol. The van der Waals surface area contributed by atoms with Gasteiger partial charge >= 0.3 is 0 Å². The number of nitrogens with one attached hydrogen (secondary N) is 1. The number of hydrogen-bond donors (Lipinski definition) is 1. The summed E-state index contributed by atoms with van der Waals surface area (Å²) < 4.78 is 24.4.